The fourth-order valence-electron chi connectivity index (χ4n) is 2.50. The fourth-order valence-corrected chi connectivity index (χ4v) is 3.52. The molecule has 0 saturated carbocycles. The molecule has 1 saturated heterocycles. The summed E-state index contributed by atoms with van der Waals surface area (Å²) in [6.07, 6.45) is 0. The predicted octanol–water partition coefficient (Wildman–Crippen LogP) is 4.06. The predicted molar refractivity (Wildman–Crippen MR) is 93.1 cm³/mol. The van der Waals surface area contributed by atoms with Gasteiger partial charge in [0.05, 0.1) is 18.6 Å². The van der Waals surface area contributed by atoms with Gasteiger partial charge in [-0.1, -0.05) is 58.0 Å². The molecule has 0 N–H and O–H groups in total. The van der Waals surface area contributed by atoms with Crippen LogP contribution < -0.4 is 0 Å². The van der Waals surface area contributed by atoms with Crippen molar-refractivity contribution < 1.29 is 9.22 Å². The zero-order valence-electron chi connectivity index (χ0n) is 14.7. The lowest BCUT2D eigenvalue weighted by atomic mass is 9.89. The maximum atomic E-state index is 12.2. The van der Waals surface area contributed by atoms with E-state index in [1.54, 1.807) is 0 Å². The van der Waals surface area contributed by atoms with Crippen LogP contribution in [0.25, 0.3) is 0 Å². The van der Waals surface area contributed by atoms with Gasteiger partial charge in [0.1, 0.15) is 0 Å². The highest BCUT2D eigenvalue weighted by Crippen LogP contribution is 2.38. The van der Waals surface area contributed by atoms with Crippen molar-refractivity contribution in [1.29, 1.82) is 0 Å². The third kappa shape index (κ3) is 3.44. The zero-order valence-corrected chi connectivity index (χ0v) is 15.7. The van der Waals surface area contributed by atoms with Crippen LogP contribution >= 0.6 is 0 Å². The van der Waals surface area contributed by atoms with Gasteiger partial charge >= 0.3 is 0 Å². The molecular weight excluding hydrogens is 290 g/mol. The Morgan fingerprint density at radius 1 is 1.18 bits per heavy atom. The van der Waals surface area contributed by atoms with Gasteiger partial charge in [-0.15, -0.1) is 0 Å². The Kier molecular flexibility index (Phi) is 4.83. The summed E-state index contributed by atoms with van der Waals surface area (Å²) in [6.45, 7) is 14.6. The molecule has 22 heavy (non-hydrogen) atoms. The van der Waals surface area contributed by atoms with Crippen LogP contribution in [-0.2, 0) is 15.8 Å². The molecule has 1 heterocycles. The van der Waals surface area contributed by atoms with Crippen molar-refractivity contribution in [2.45, 2.75) is 58.4 Å². The number of amides is 1. The highest BCUT2D eigenvalue weighted by atomic mass is 28.4. The normalized spacial score (nSPS) is 22.6. The number of nitrogens with zero attached hydrogens (tertiary/aromatic N) is 1. The summed E-state index contributed by atoms with van der Waals surface area (Å²) in [5, 5.41) is 0.203. The Balaban J connectivity index is 1.99. The van der Waals surface area contributed by atoms with Gasteiger partial charge in [0.2, 0.25) is 5.91 Å². The number of benzene rings is 1. The van der Waals surface area contributed by atoms with E-state index in [9.17, 15) is 4.79 Å². The molecule has 0 aliphatic carbocycles. The molecule has 1 aromatic carbocycles. The summed E-state index contributed by atoms with van der Waals surface area (Å²) < 4.78 is 6.33. The number of β-lactam (4-membered cyclic amide) rings is 1. The van der Waals surface area contributed by atoms with Crippen molar-refractivity contribution in [1.82, 2.24) is 4.90 Å². The number of rotatable bonds is 5. The molecule has 2 rings (SSSR count). The molecule has 2 atom stereocenters. The molecule has 3 nitrogen and oxygen atoms in total. The monoisotopic (exact) mass is 319 g/mol. The molecule has 1 fully saturated rings. The van der Waals surface area contributed by atoms with Crippen LogP contribution in [0.5, 0.6) is 0 Å². The van der Waals surface area contributed by atoms with E-state index < -0.39 is 8.32 Å². The molecule has 0 radical (unpaired) electrons. The lowest BCUT2D eigenvalue weighted by molar-refractivity contribution is -0.158. The van der Waals surface area contributed by atoms with Crippen LogP contribution in [0, 0.1) is 5.92 Å². The second-order valence-electron chi connectivity index (χ2n) is 7.88. The first-order chi connectivity index (χ1) is 10.1. The van der Waals surface area contributed by atoms with E-state index in [0.717, 1.165) is 0 Å². The van der Waals surface area contributed by atoms with E-state index in [1.807, 2.05) is 30.0 Å². The second-order valence-corrected chi connectivity index (χ2v) is 12.7. The van der Waals surface area contributed by atoms with Crippen molar-refractivity contribution >= 4 is 14.2 Å². The van der Waals surface area contributed by atoms with Crippen molar-refractivity contribution in [3.8, 4) is 0 Å². The highest BCUT2D eigenvalue weighted by molar-refractivity contribution is 6.74. The van der Waals surface area contributed by atoms with Crippen molar-refractivity contribution in [2.75, 3.05) is 6.61 Å². The molecule has 0 bridgehead atoms. The summed E-state index contributed by atoms with van der Waals surface area (Å²) >= 11 is 0. The maximum absolute atomic E-state index is 12.2. The average Bonchev–Trinajstić information content (AvgIpc) is 2.45. The smallest absolute Gasteiger partial charge is 0.228 e. The first-order valence-electron chi connectivity index (χ1n) is 8.12. The Labute approximate surface area is 135 Å². The van der Waals surface area contributed by atoms with E-state index in [1.165, 1.54) is 5.56 Å². The first kappa shape index (κ1) is 17.2. The molecule has 1 amide bonds. The van der Waals surface area contributed by atoms with E-state index >= 15 is 0 Å². The summed E-state index contributed by atoms with van der Waals surface area (Å²) in [7, 11) is -1.76. The van der Waals surface area contributed by atoms with Crippen LogP contribution in [0.4, 0.5) is 0 Å². The molecule has 0 unspecified atom stereocenters. The van der Waals surface area contributed by atoms with E-state index in [0.29, 0.717) is 13.2 Å². The quantitative estimate of drug-likeness (QED) is 0.605. The molecule has 122 valence electrons. The van der Waals surface area contributed by atoms with Gasteiger partial charge in [-0.25, -0.2) is 0 Å². The van der Waals surface area contributed by atoms with Crippen molar-refractivity contribution in [2.24, 2.45) is 5.92 Å². The van der Waals surface area contributed by atoms with Gasteiger partial charge in [-0.3, -0.25) is 4.79 Å². The van der Waals surface area contributed by atoms with Crippen LogP contribution in [0.2, 0.25) is 18.1 Å². The fraction of sp³-hybridized carbons (Fsp3) is 0.611. The largest absolute Gasteiger partial charge is 0.415 e. The lowest BCUT2D eigenvalue weighted by Gasteiger charge is -2.48. The minimum Gasteiger partial charge on any atom is -0.415 e. The number of carbonyl (C=O) groups excluding carboxylic acids is 1. The van der Waals surface area contributed by atoms with Crippen molar-refractivity contribution in [3.05, 3.63) is 35.9 Å². The number of hydrogen-bond acceptors (Lipinski definition) is 2. The minimum absolute atomic E-state index is 0.0773. The second kappa shape index (κ2) is 6.17. The Hall–Kier alpha value is -1.13. The Morgan fingerprint density at radius 2 is 1.77 bits per heavy atom. The molecule has 1 aromatic rings. The number of hydrogen-bond donors (Lipinski definition) is 0. The third-order valence-electron chi connectivity index (χ3n) is 5.27. The Bertz CT molecular complexity index is 522. The van der Waals surface area contributed by atoms with Gasteiger partial charge in [-0.05, 0) is 23.7 Å². The molecule has 1 aliphatic rings. The van der Waals surface area contributed by atoms with Gasteiger partial charge in [0.25, 0.3) is 0 Å². The molecule has 0 spiro atoms. The van der Waals surface area contributed by atoms with Gasteiger partial charge in [0, 0.05) is 6.54 Å². The van der Waals surface area contributed by atoms with Gasteiger partial charge in [0.15, 0.2) is 8.32 Å². The average molecular weight is 320 g/mol. The SMILES string of the molecule is C[C@@H]1C(=O)N(Cc2ccccc2)[C@H]1CO[Si](C)(C)C(C)(C)C. The standard InChI is InChI=1S/C18H29NO2Si/c1-14-16(13-21-22(5,6)18(2,3)4)19(17(14)20)12-15-10-8-7-9-11-15/h7-11,14,16H,12-13H2,1-6H3/t14-,16-/m0/s1. The zero-order chi connectivity index (χ0) is 16.5. The van der Waals surface area contributed by atoms with Gasteiger partial charge < -0.3 is 9.33 Å². The third-order valence-corrected chi connectivity index (χ3v) is 9.77. The first-order valence-corrected chi connectivity index (χ1v) is 11.0. The van der Waals surface area contributed by atoms with Crippen LogP contribution in [0.15, 0.2) is 30.3 Å². The van der Waals surface area contributed by atoms with Crippen LogP contribution in [0.1, 0.15) is 33.3 Å². The lowest BCUT2D eigenvalue weighted by Crippen LogP contribution is -2.62. The van der Waals surface area contributed by atoms with Gasteiger partial charge in [-0.2, -0.15) is 0 Å². The summed E-state index contributed by atoms with van der Waals surface area (Å²) in [6, 6.07) is 10.4. The van der Waals surface area contributed by atoms with Crippen LogP contribution in [0.3, 0.4) is 0 Å². The van der Waals surface area contributed by atoms with E-state index in [2.05, 4.69) is 46.0 Å². The molecular formula is C18H29NO2Si. The molecule has 1 aliphatic heterocycles. The highest BCUT2D eigenvalue weighted by Gasteiger charge is 2.46. The van der Waals surface area contributed by atoms with E-state index in [-0.39, 0.29) is 22.9 Å². The topological polar surface area (TPSA) is 29.5 Å². The summed E-state index contributed by atoms with van der Waals surface area (Å²) in [5.41, 5.74) is 1.18. The maximum Gasteiger partial charge on any atom is 0.228 e. The van der Waals surface area contributed by atoms with Crippen molar-refractivity contribution in [3.63, 3.8) is 0 Å². The number of likely N-dealkylation sites (tertiary alicyclic amines) is 1. The van der Waals surface area contributed by atoms with E-state index in [4.69, 9.17) is 4.43 Å². The minimum atomic E-state index is -1.76. The molecule has 4 heteroatoms. The molecule has 0 aromatic heterocycles. The van der Waals surface area contributed by atoms with Crippen LogP contribution in [-0.4, -0.2) is 31.8 Å². The summed E-state index contributed by atoms with van der Waals surface area (Å²) in [4.78, 5) is 14.1. The Morgan fingerprint density at radius 3 is 2.32 bits per heavy atom. The number of carbonyl (C=O) groups is 1. The summed E-state index contributed by atoms with van der Waals surface area (Å²) in [5.74, 6) is 0.321.